The summed E-state index contributed by atoms with van der Waals surface area (Å²) >= 11 is 0. The molecule has 15 heteroatoms. The van der Waals surface area contributed by atoms with Gasteiger partial charge in [-0.1, -0.05) is 34.6 Å². The molecule has 2 saturated heterocycles. The predicted molar refractivity (Wildman–Crippen MR) is 194 cm³/mol. The zero-order valence-corrected chi connectivity index (χ0v) is 33.5. The molecular formula is C41H66O15. The van der Waals surface area contributed by atoms with Crippen LogP contribution in [-0.4, -0.2) is 155 Å². The van der Waals surface area contributed by atoms with E-state index in [9.17, 15) is 55.9 Å². The van der Waals surface area contributed by atoms with Crippen molar-refractivity contribution in [1.29, 1.82) is 0 Å². The summed E-state index contributed by atoms with van der Waals surface area (Å²) in [7, 11) is 0. The average Bonchev–Trinajstić information content (AvgIpc) is 4.06. The Bertz CT molecular complexity index is 1530. The Kier molecular flexibility index (Phi) is 10.1. The molecule has 0 amide bonds. The number of hydrogen-bond donors (Lipinski definition) is 10. The summed E-state index contributed by atoms with van der Waals surface area (Å²) in [6, 6.07) is 0. The van der Waals surface area contributed by atoms with Gasteiger partial charge in [0.1, 0.15) is 60.2 Å². The summed E-state index contributed by atoms with van der Waals surface area (Å²) in [6.45, 7) is 10.7. The van der Waals surface area contributed by atoms with Gasteiger partial charge in [-0.3, -0.25) is 4.79 Å². The lowest BCUT2D eigenvalue weighted by Crippen LogP contribution is -2.68. The van der Waals surface area contributed by atoms with Gasteiger partial charge in [-0.05, 0) is 104 Å². The van der Waals surface area contributed by atoms with Crippen LogP contribution in [0.4, 0.5) is 0 Å². The minimum atomic E-state index is -1.78. The van der Waals surface area contributed by atoms with Crippen LogP contribution in [0, 0.1) is 56.7 Å². The number of aliphatic hydroxyl groups is 10. The molecule has 8 fully saturated rings. The molecule has 56 heavy (non-hydrogen) atoms. The molecule has 6 saturated carbocycles. The number of ether oxygens (including phenoxy) is 4. The first-order valence-electron chi connectivity index (χ1n) is 21.0. The van der Waals surface area contributed by atoms with Gasteiger partial charge >= 0.3 is 0 Å². The van der Waals surface area contributed by atoms with Gasteiger partial charge in [-0.15, -0.1) is 0 Å². The van der Waals surface area contributed by atoms with E-state index in [2.05, 4.69) is 20.8 Å². The zero-order valence-electron chi connectivity index (χ0n) is 33.5. The molecule has 23 atom stereocenters. The maximum absolute atomic E-state index is 12.7. The maximum atomic E-state index is 12.7. The zero-order chi connectivity index (χ0) is 40.9. The Balaban J connectivity index is 1.04. The normalized spacial score (nSPS) is 59.0. The third kappa shape index (κ3) is 5.29. The fraction of sp³-hybridized carbons (Fsp3) is 0.976. The number of aliphatic hydroxyl groups excluding tert-OH is 9. The highest BCUT2D eigenvalue weighted by Crippen LogP contribution is 2.89. The van der Waals surface area contributed by atoms with E-state index in [1.54, 1.807) is 6.92 Å². The summed E-state index contributed by atoms with van der Waals surface area (Å²) in [5.41, 5.74) is -3.93. The van der Waals surface area contributed by atoms with Gasteiger partial charge in [0, 0.05) is 11.3 Å². The summed E-state index contributed by atoms with van der Waals surface area (Å²) < 4.78 is 24.3. The lowest BCUT2D eigenvalue weighted by Gasteiger charge is -2.66. The van der Waals surface area contributed by atoms with E-state index in [1.165, 1.54) is 0 Å². The Hall–Kier alpha value is -0.890. The molecule has 8 rings (SSSR count). The fourth-order valence-electron chi connectivity index (χ4n) is 14.9. The van der Waals surface area contributed by atoms with Crippen molar-refractivity contribution in [3.05, 3.63) is 0 Å². The maximum Gasteiger partial charge on any atom is 0.187 e. The van der Waals surface area contributed by atoms with Gasteiger partial charge in [0.05, 0.1) is 31.5 Å². The molecule has 0 unspecified atom stereocenters. The molecule has 2 heterocycles. The van der Waals surface area contributed by atoms with Gasteiger partial charge in [0.15, 0.2) is 12.6 Å². The van der Waals surface area contributed by atoms with Crippen LogP contribution in [0.3, 0.4) is 0 Å². The molecule has 10 N–H and O–H groups in total. The summed E-state index contributed by atoms with van der Waals surface area (Å²) in [6.07, 6.45) is -12.2. The minimum Gasteiger partial charge on any atom is -0.394 e. The number of fused-ring (bicyclic) bond motifs is 2. The smallest absolute Gasteiger partial charge is 0.187 e. The molecule has 320 valence electrons. The van der Waals surface area contributed by atoms with Crippen molar-refractivity contribution >= 4 is 5.78 Å². The van der Waals surface area contributed by atoms with Gasteiger partial charge < -0.3 is 70.0 Å². The highest BCUT2D eigenvalue weighted by Gasteiger charge is 2.87. The standard InChI is InChI=1S/C41H66O15/c1-17(19-11-20(19)18(2)44)41(52)26(46)12-37(5)24-8-7-23-36(3,4)27(9-10-39(23)16-40(24,39)13-25(45)38(37,41)6)55-35-33(31(50)29(48)22(15-43)54-35)56-34-32(51)30(49)28(47)21(14-42)53-34/h17,19-35,42-43,45-52H,7-16H2,1-6H3/t17-,19+,20+,21-,22-,23+,24-,25+,26+,27+,28-,29-,30+,31+,32-,33-,34+,35+,37+,38+,39-,40+,41-/m1/s1. The molecule has 0 aromatic carbocycles. The van der Waals surface area contributed by atoms with E-state index >= 15 is 0 Å². The van der Waals surface area contributed by atoms with Crippen LogP contribution in [0.2, 0.25) is 0 Å². The molecule has 0 aromatic rings. The van der Waals surface area contributed by atoms with Crippen molar-refractivity contribution in [2.24, 2.45) is 56.7 Å². The van der Waals surface area contributed by atoms with Gasteiger partial charge in [0.25, 0.3) is 0 Å². The van der Waals surface area contributed by atoms with Crippen LogP contribution in [0.25, 0.3) is 0 Å². The number of rotatable bonds is 9. The van der Waals surface area contributed by atoms with Gasteiger partial charge in [-0.2, -0.15) is 0 Å². The highest BCUT2D eigenvalue weighted by molar-refractivity contribution is 5.81. The summed E-state index contributed by atoms with van der Waals surface area (Å²) in [5.74, 6) is -0.120. The monoisotopic (exact) mass is 798 g/mol. The fourth-order valence-corrected chi connectivity index (χ4v) is 14.9. The van der Waals surface area contributed by atoms with Gasteiger partial charge in [0.2, 0.25) is 0 Å². The second-order valence-electron chi connectivity index (χ2n) is 20.5. The van der Waals surface area contributed by atoms with Crippen molar-refractivity contribution in [3.8, 4) is 0 Å². The van der Waals surface area contributed by atoms with Crippen molar-refractivity contribution < 1.29 is 74.8 Å². The second kappa shape index (κ2) is 13.6. The summed E-state index contributed by atoms with van der Waals surface area (Å²) in [4.78, 5) is 12.3. The van der Waals surface area contributed by atoms with Crippen LogP contribution in [0.5, 0.6) is 0 Å². The van der Waals surface area contributed by atoms with E-state index < -0.39 is 115 Å². The lowest BCUT2D eigenvalue weighted by molar-refractivity contribution is -0.377. The molecule has 6 aliphatic carbocycles. The SMILES string of the molecule is CC(=O)[C@@H]1C[C@H]1[C@@H](C)[C@@]1(O)[C@@H](O)C[C@@]2(C)[C@H]3CC[C@H]4C(C)(C)[C@@H](O[C@@H]5O[C@H](CO)[C@@H](O)[C@H](O)[C@H]5O[C@@H]5O[C@H](CO)[C@@H](O)[C@H](O)[C@H]5O)CC[C@@]45C[C@@]35C[C@H](O)[C@]12C. The highest BCUT2D eigenvalue weighted by atomic mass is 16.8. The Morgan fingerprint density at radius 3 is 1.96 bits per heavy atom. The van der Waals surface area contributed by atoms with Crippen LogP contribution >= 0.6 is 0 Å². The number of carbonyl (C=O) groups is 1. The quantitative estimate of drug-likeness (QED) is 0.130. The minimum absolute atomic E-state index is 0.0270. The predicted octanol–water partition coefficient (Wildman–Crippen LogP) is -0.647. The van der Waals surface area contributed by atoms with Gasteiger partial charge in [-0.25, -0.2) is 0 Å². The number of hydrogen-bond acceptors (Lipinski definition) is 15. The molecule has 0 bridgehead atoms. The molecular weight excluding hydrogens is 732 g/mol. The Morgan fingerprint density at radius 1 is 0.750 bits per heavy atom. The van der Waals surface area contributed by atoms with E-state index in [1.807, 2.05) is 13.8 Å². The Labute approximate surface area is 328 Å². The first-order chi connectivity index (χ1) is 26.1. The molecule has 0 radical (unpaired) electrons. The van der Waals surface area contributed by atoms with Crippen molar-refractivity contribution in [2.45, 2.75) is 178 Å². The third-order valence-electron chi connectivity index (χ3n) is 18.3. The third-order valence-corrected chi connectivity index (χ3v) is 18.3. The largest absolute Gasteiger partial charge is 0.394 e. The topological polar surface area (TPSA) is 256 Å². The van der Waals surface area contributed by atoms with Crippen LogP contribution in [0.1, 0.15) is 92.9 Å². The van der Waals surface area contributed by atoms with E-state index in [-0.39, 0.29) is 46.2 Å². The van der Waals surface area contributed by atoms with Crippen molar-refractivity contribution in [2.75, 3.05) is 13.2 Å². The average molecular weight is 799 g/mol. The molecule has 2 spiro atoms. The van der Waals surface area contributed by atoms with Crippen molar-refractivity contribution in [3.63, 3.8) is 0 Å². The van der Waals surface area contributed by atoms with E-state index in [0.29, 0.717) is 25.7 Å². The first kappa shape index (κ1) is 41.8. The first-order valence-corrected chi connectivity index (χ1v) is 21.0. The summed E-state index contributed by atoms with van der Waals surface area (Å²) in [5, 5.41) is 110. The number of carbonyl (C=O) groups excluding carboxylic acids is 1. The molecule has 0 aromatic heterocycles. The van der Waals surface area contributed by atoms with Crippen LogP contribution < -0.4 is 0 Å². The van der Waals surface area contributed by atoms with Crippen LogP contribution in [0.15, 0.2) is 0 Å². The lowest BCUT2D eigenvalue weighted by atomic mass is 9.40. The second-order valence-corrected chi connectivity index (χ2v) is 20.5. The molecule has 2 aliphatic heterocycles. The van der Waals surface area contributed by atoms with Crippen LogP contribution in [-0.2, 0) is 23.7 Å². The number of ketones is 1. The molecule has 8 aliphatic rings. The number of Topliss-reactive ketones (excluding diaryl/α,β-unsaturated/α-hetero) is 1. The van der Waals surface area contributed by atoms with E-state index in [0.717, 1.165) is 25.7 Å². The van der Waals surface area contributed by atoms with E-state index in [4.69, 9.17) is 18.9 Å². The van der Waals surface area contributed by atoms with Crippen molar-refractivity contribution in [1.82, 2.24) is 0 Å². The Morgan fingerprint density at radius 2 is 1.36 bits per heavy atom. The molecule has 15 nitrogen and oxygen atoms in total.